The van der Waals surface area contributed by atoms with Gasteiger partial charge in [-0.3, -0.25) is 9.59 Å². The Bertz CT molecular complexity index is 687. The van der Waals surface area contributed by atoms with Crippen molar-refractivity contribution in [3.8, 4) is 11.5 Å². The van der Waals surface area contributed by atoms with Crippen molar-refractivity contribution in [1.82, 2.24) is 5.32 Å². The Hall–Kier alpha value is -2.57. The Morgan fingerprint density at radius 3 is 2.52 bits per heavy atom. The molecule has 1 fully saturated rings. The van der Waals surface area contributed by atoms with Crippen LogP contribution in [0, 0.1) is 5.92 Å². The zero-order valence-corrected chi connectivity index (χ0v) is 16.1. The molecule has 1 saturated carbocycles. The molecule has 7 heteroatoms. The van der Waals surface area contributed by atoms with Crippen molar-refractivity contribution < 1.29 is 28.6 Å². The Labute approximate surface area is 159 Å². The third-order valence-electron chi connectivity index (χ3n) is 4.74. The van der Waals surface area contributed by atoms with Gasteiger partial charge in [0.15, 0.2) is 30.5 Å². The van der Waals surface area contributed by atoms with Crippen molar-refractivity contribution >= 4 is 17.7 Å². The van der Waals surface area contributed by atoms with Crippen LogP contribution in [-0.4, -0.2) is 44.0 Å². The van der Waals surface area contributed by atoms with Crippen LogP contribution in [0.3, 0.4) is 0 Å². The van der Waals surface area contributed by atoms with E-state index in [0.717, 1.165) is 19.3 Å². The number of ether oxygens (including phenoxy) is 3. The maximum Gasteiger partial charge on any atom is 0.344 e. The first kappa shape index (κ1) is 20.7. The number of benzene rings is 1. The lowest BCUT2D eigenvalue weighted by Crippen LogP contribution is -2.43. The highest BCUT2D eigenvalue weighted by Gasteiger charge is 2.23. The van der Waals surface area contributed by atoms with Gasteiger partial charge in [0.2, 0.25) is 0 Å². The minimum absolute atomic E-state index is 0.0995. The standard InChI is InChI=1S/C20H27NO6/c1-13-6-4-5-7-16(13)21-19(23)11-27-20(24)12-26-17-9-8-15(14(2)22)10-18(17)25-3/h8-10,13,16H,4-7,11-12H2,1-3H3,(H,21,23)/t13-,16-/m1/s1. The van der Waals surface area contributed by atoms with E-state index in [1.54, 1.807) is 18.2 Å². The molecule has 0 aromatic heterocycles. The third kappa shape index (κ3) is 6.27. The molecule has 0 heterocycles. The summed E-state index contributed by atoms with van der Waals surface area (Å²) in [6.07, 6.45) is 4.35. The summed E-state index contributed by atoms with van der Waals surface area (Å²) in [5.74, 6) is 0.0502. The molecule has 1 N–H and O–H groups in total. The van der Waals surface area contributed by atoms with Crippen LogP contribution in [0.4, 0.5) is 0 Å². The molecule has 7 nitrogen and oxygen atoms in total. The molecule has 0 spiro atoms. The lowest BCUT2D eigenvalue weighted by atomic mass is 9.86. The Kier molecular flexibility index (Phi) is 7.64. The molecule has 27 heavy (non-hydrogen) atoms. The lowest BCUT2D eigenvalue weighted by Gasteiger charge is -2.29. The molecule has 0 aliphatic heterocycles. The van der Waals surface area contributed by atoms with Gasteiger partial charge in [0.25, 0.3) is 5.91 Å². The van der Waals surface area contributed by atoms with E-state index in [2.05, 4.69) is 12.2 Å². The Morgan fingerprint density at radius 2 is 1.85 bits per heavy atom. The molecule has 0 saturated heterocycles. The van der Waals surface area contributed by atoms with Crippen molar-refractivity contribution in [2.75, 3.05) is 20.3 Å². The second kappa shape index (κ2) is 9.94. The number of nitrogens with one attached hydrogen (secondary N) is 1. The van der Waals surface area contributed by atoms with Crippen LogP contribution in [0.25, 0.3) is 0 Å². The largest absolute Gasteiger partial charge is 0.493 e. The first-order valence-corrected chi connectivity index (χ1v) is 9.17. The van der Waals surface area contributed by atoms with Crippen molar-refractivity contribution in [2.24, 2.45) is 5.92 Å². The van der Waals surface area contributed by atoms with Gasteiger partial charge in [-0.25, -0.2) is 4.79 Å². The van der Waals surface area contributed by atoms with E-state index in [1.165, 1.54) is 20.5 Å². The summed E-state index contributed by atoms with van der Waals surface area (Å²) < 4.78 is 15.5. The molecule has 148 valence electrons. The SMILES string of the molecule is COc1cc(C(C)=O)ccc1OCC(=O)OCC(=O)N[C@@H]1CCCC[C@H]1C. The van der Waals surface area contributed by atoms with Crippen LogP contribution in [0.2, 0.25) is 0 Å². The number of carbonyl (C=O) groups excluding carboxylic acids is 3. The van der Waals surface area contributed by atoms with Crippen molar-refractivity contribution in [1.29, 1.82) is 0 Å². The minimum Gasteiger partial charge on any atom is -0.493 e. The predicted octanol–water partition coefficient (Wildman–Crippen LogP) is 2.51. The summed E-state index contributed by atoms with van der Waals surface area (Å²) in [7, 11) is 1.45. The minimum atomic E-state index is -0.653. The van der Waals surface area contributed by atoms with Gasteiger partial charge in [-0.1, -0.05) is 19.8 Å². The fourth-order valence-corrected chi connectivity index (χ4v) is 3.11. The van der Waals surface area contributed by atoms with Crippen LogP contribution in [0.1, 0.15) is 49.9 Å². The molecule has 0 bridgehead atoms. The van der Waals surface area contributed by atoms with E-state index in [0.29, 0.717) is 23.0 Å². The maximum absolute atomic E-state index is 12.0. The molecule has 0 unspecified atom stereocenters. The molecule has 1 amide bonds. The predicted molar refractivity (Wildman–Crippen MR) is 99.0 cm³/mol. The van der Waals surface area contributed by atoms with Gasteiger partial charge in [0, 0.05) is 11.6 Å². The molecule has 2 atom stereocenters. The van der Waals surface area contributed by atoms with Crippen LogP contribution >= 0.6 is 0 Å². The van der Waals surface area contributed by atoms with Gasteiger partial charge < -0.3 is 19.5 Å². The fourth-order valence-electron chi connectivity index (χ4n) is 3.11. The smallest absolute Gasteiger partial charge is 0.344 e. The summed E-state index contributed by atoms with van der Waals surface area (Å²) in [5.41, 5.74) is 0.482. The monoisotopic (exact) mass is 377 g/mol. The van der Waals surface area contributed by atoms with Gasteiger partial charge in [-0.2, -0.15) is 0 Å². The van der Waals surface area contributed by atoms with E-state index in [4.69, 9.17) is 14.2 Å². The quantitative estimate of drug-likeness (QED) is 0.553. The van der Waals surface area contributed by atoms with Crippen LogP contribution in [0.5, 0.6) is 11.5 Å². The highest BCUT2D eigenvalue weighted by atomic mass is 16.6. The van der Waals surface area contributed by atoms with E-state index in [9.17, 15) is 14.4 Å². The highest BCUT2D eigenvalue weighted by molar-refractivity contribution is 5.94. The zero-order chi connectivity index (χ0) is 19.8. The zero-order valence-electron chi connectivity index (χ0n) is 16.1. The summed E-state index contributed by atoms with van der Waals surface area (Å²) in [6, 6.07) is 4.83. The lowest BCUT2D eigenvalue weighted by molar-refractivity contribution is -0.150. The van der Waals surface area contributed by atoms with Crippen LogP contribution in [-0.2, 0) is 14.3 Å². The van der Waals surface area contributed by atoms with Crippen molar-refractivity contribution in [3.63, 3.8) is 0 Å². The highest BCUT2D eigenvalue weighted by Crippen LogP contribution is 2.28. The number of rotatable bonds is 8. The number of amides is 1. The van der Waals surface area contributed by atoms with E-state index in [-0.39, 0.29) is 30.9 Å². The average Bonchev–Trinajstić information content (AvgIpc) is 2.66. The molecule has 1 aliphatic carbocycles. The summed E-state index contributed by atoms with van der Waals surface area (Å²) >= 11 is 0. The van der Waals surface area contributed by atoms with Gasteiger partial charge >= 0.3 is 5.97 Å². The molecule has 0 radical (unpaired) electrons. The molecular formula is C20H27NO6. The van der Waals surface area contributed by atoms with Crippen LogP contribution < -0.4 is 14.8 Å². The average molecular weight is 377 g/mol. The number of ketones is 1. The number of carbonyl (C=O) groups is 3. The van der Waals surface area contributed by atoms with Gasteiger partial charge in [0.1, 0.15) is 0 Å². The van der Waals surface area contributed by atoms with Crippen LogP contribution in [0.15, 0.2) is 18.2 Å². The van der Waals surface area contributed by atoms with E-state index in [1.807, 2.05) is 0 Å². The fraction of sp³-hybridized carbons (Fsp3) is 0.550. The first-order chi connectivity index (χ1) is 12.9. The van der Waals surface area contributed by atoms with E-state index >= 15 is 0 Å². The molecule has 1 aliphatic rings. The molecule has 1 aromatic carbocycles. The number of methoxy groups -OCH3 is 1. The summed E-state index contributed by atoms with van der Waals surface area (Å²) in [6.45, 7) is 2.88. The molecular weight excluding hydrogens is 350 g/mol. The number of Topliss-reactive ketones (excluding diaryl/α,β-unsaturated/α-hetero) is 1. The number of hydrogen-bond donors (Lipinski definition) is 1. The summed E-state index contributed by atoms with van der Waals surface area (Å²) in [4.78, 5) is 35.2. The van der Waals surface area contributed by atoms with Gasteiger partial charge in [-0.05, 0) is 43.9 Å². The maximum atomic E-state index is 12.0. The molecule has 1 aromatic rings. The molecule has 2 rings (SSSR count). The second-order valence-corrected chi connectivity index (χ2v) is 6.81. The Morgan fingerprint density at radius 1 is 1.11 bits per heavy atom. The Balaban J connectivity index is 1.77. The van der Waals surface area contributed by atoms with Gasteiger partial charge in [-0.15, -0.1) is 0 Å². The normalized spacial score (nSPS) is 19.1. The van der Waals surface area contributed by atoms with Gasteiger partial charge in [0.05, 0.1) is 7.11 Å². The number of esters is 1. The van der Waals surface area contributed by atoms with Crippen molar-refractivity contribution in [3.05, 3.63) is 23.8 Å². The first-order valence-electron chi connectivity index (χ1n) is 9.17. The second-order valence-electron chi connectivity index (χ2n) is 6.81. The van der Waals surface area contributed by atoms with Crippen molar-refractivity contribution in [2.45, 2.75) is 45.6 Å². The topological polar surface area (TPSA) is 90.9 Å². The number of hydrogen-bond acceptors (Lipinski definition) is 6. The van der Waals surface area contributed by atoms with E-state index < -0.39 is 5.97 Å². The third-order valence-corrected chi connectivity index (χ3v) is 4.74. The summed E-state index contributed by atoms with van der Waals surface area (Å²) in [5, 5.41) is 2.92.